The van der Waals surface area contributed by atoms with E-state index >= 15 is 0 Å². The minimum atomic E-state index is -0.0577. The van der Waals surface area contributed by atoms with Crippen LogP contribution in [0.4, 0.5) is 5.13 Å². The first-order valence-corrected chi connectivity index (χ1v) is 12.8. The highest BCUT2D eigenvalue weighted by Gasteiger charge is 2.21. The summed E-state index contributed by atoms with van der Waals surface area (Å²) in [6.45, 7) is 1.72. The summed E-state index contributed by atoms with van der Waals surface area (Å²) in [5, 5.41) is 12.0. The van der Waals surface area contributed by atoms with Crippen LogP contribution in [0.5, 0.6) is 5.75 Å². The van der Waals surface area contributed by atoms with Crippen LogP contribution in [0, 0.1) is 0 Å². The maximum atomic E-state index is 13.4. The molecule has 4 aromatic rings. The van der Waals surface area contributed by atoms with Crippen LogP contribution in [-0.2, 0) is 22.6 Å². The quantitative estimate of drug-likeness (QED) is 0.207. The first-order valence-electron chi connectivity index (χ1n) is 11.0. The molecule has 11 heteroatoms. The minimum absolute atomic E-state index is 0.0577. The lowest BCUT2D eigenvalue weighted by molar-refractivity contribution is -0.116. The number of nitrogens with zero attached hydrogens (tertiary/aromatic N) is 6. The number of thioether (sulfide) groups is 1. The number of aromatic nitrogens is 5. The number of ether oxygens (including phenoxy) is 2. The van der Waals surface area contributed by atoms with Gasteiger partial charge in [0.1, 0.15) is 5.75 Å². The molecule has 35 heavy (non-hydrogen) atoms. The van der Waals surface area contributed by atoms with Crippen molar-refractivity contribution in [1.29, 1.82) is 0 Å². The van der Waals surface area contributed by atoms with E-state index in [1.54, 1.807) is 37.7 Å². The largest absolute Gasteiger partial charge is 0.497 e. The van der Waals surface area contributed by atoms with Crippen LogP contribution >= 0.6 is 23.1 Å². The molecule has 4 rings (SSSR count). The molecular weight excluding hydrogens is 484 g/mol. The van der Waals surface area contributed by atoms with E-state index in [2.05, 4.69) is 20.2 Å². The maximum Gasteiger partial charge on any atom is 0.239 e. The van der Waals surface area contributed by atoms with Crippen molar-refractivity contribution in [2.75, 3.05) is 31.5 Å². The highest BCUT2D eigenvalue weighted by atomic mass is 32.2. The number of hydrogen-bond acceptors (Lipinski definition) is 9. The van der Waals surface area contributed by atoms with Gasteiger partial charge in [-0.2, -0.15) is 0 Å². The molecule has 0 unspecified atom stereocenters. The van der Waals surface area contributed by atoms with E-state index in [0.717, 1.165) is 29.1 Å². The molecule has 1 amide bonds. The normalized spacial score (nSPS) is 10.9. The molecule has 0 aliphatic carbocycles. The number of carbonyl (C=O) groups excluding carboxylic acids is 1. The van der Waals surface area contributed by atoms with Gasteiger partial charge in [-0.15, -0.1) is 21.5 Å². The molecule has 9 nitrogen and oxygen atoms in total. The van der Waals surface area contributed by atoms with Gasteiger partial charge in [-0.05, 0) is 36.2 Å². The highest BCUT2D eigenvalue weighted by Crippen LogP contribution is 2.27. The Hall–Kier alpha value is -3.28. The van der Waals surface area contributed by atoms with Gasteiger partial charge in [0.2, 0.25) is 5.91 Å². The SMILES string of the molecule is COCCCn1c(SCC(=O)N(Cc2ccc(OC)cc2)c2nccs2)nnc1-c1ccncc1. The fourth-order valence-corrected chi connectivity index (χ4v) is 4.91. The number of hydrogen-bond donors (Lipinski definition) is 0. The van der Waals surface area contributed by atoms with Crippen LogP contribution in [0.25, 0.3) is 11.4 Å². The predicted molar refractivity (Wildman–Crippen MR) is 137 cm³/mol. The fraction of sp³-hybridized carbons (Fsp3) is 0.292. The number of methoxy groups -OCH3 is 2. The number of amides is 1. The Kier molecular flexibility index (Phi) is 8.82. The lowest BCUT2D eigenvalue weighted by Gasteiger charge is -2.20. The minimum Gasteiger partial charge on any atom is -0.497 e. The summed E-state index contributed by atoms with van der Waals surface area (Å²) in [6.07, 6.45) is 5.96. The molecule has 182 valence electrons. The van der Waals surface area contributed by atoms with Gasteiger partial charge in [0.15, 0.2) is 16.1 Å². The zero-order valence-electron chi connectivity index (χ0n) is 19.5. The summed E-state index contributed by atoms with van der Waals surface area (Å²) in [5.74, 6) is 1.66. The Morgan fingerprint density at radius 1 is 1.09 bits per heavy atom. The first-order chi connectivity index (χ1) is 17.2. The van der Waals surface area contributed by atoms with E-state index in [4.69, 9.17) is 9.47 Å². The zero-order valence-corrected chi connectivity index (χ0v) is 21.2. The van der Waals surface area contributed by atoms with Gasteiger partial charge < -0.3 is 14.0 Å². The smallest absolute Gasteiger partial charge is 0.239 e. The van der Waals surface area contributed by atoms with Crippen molar-refractivity contribution >= 4 is 34.1 Å². The summed E-state index contributed by atoms with van der Waals surface area (Å²) >= 11 is 2.80. The summed E-state index contributed by atoms with van der Waals surface area (Å²) in [4.78, 5) is 23.5. The molecule has 0 atom stereocenters. The molecule has 0 radical (unpaired) electrons. The van der Waals surface area contributed by atoms with Crippen molar-refractivity contribution in [3.05, 3.63) is 65.9 Å². The van der Waals surface area contributed by atoms with Crippen LogP contribution in [0.3, 0.4) is 0 Å². The van der Waals surface area contributed by atoms with Crippen molar-refractivity contribution in [3.63, 3.8) is 0 Å². The first kappa shape index (κ1) is 24.8. The molecule has 0 spiro atoms. The molecule has 3 aromatic heterocycles. The Morgan fingerprint density at radius 3 is 2.57 bits per heavy atom. The topological polar surface area (TPSA) is 95.3 Å². The Morgan fingerprint density at radius 2 is 1.89 bits per heavy atom. The van der Waals surface area contributed by atoms with E-state index in [0.29, 0.717) is 30.0 Å². The van der Waals surface area contributed by atoms with E-state index in [1.165, 1.54) is 23.1 Å². The van der Waals surface area contributed by atoms with E-state index in [-0.39, 0.29) is 11.7 Å². The molecule has 0 aliphatic heterocycles. The van der Waals surface area contributed by atoms with Crippen molar-refractivity contribution in [2.24, 2.45) is 0 Å². The molecular formula is C24H26N6O3S2. The lowest BCUT2D eigenvalue weighted by Crippen LogP contribution is -2.32. The van der Waals surface area contributed by atoms with Gasteiger partial charge in [-0.25, -0.2) is 4.98 Å². The second-order valence-corrected chi connectivity index (χ2v) is 9.29. The average molecular weight is 511 g/mol. The van der Waals surface area contributed by atoms with Gasteiger partial charge in [0, 0.05) is 49.8 Å². The molecule has 0 fully saturated rings. The molecule has 3 heterocycles. The molecule has 0 aliphatic rings. The van der Waals surface area contributed by atoms with E-state index in [9.17, 15) is 4.79 Å². The third-order valence-electron chi connectivity index (χ3n) is 5.16. The number of pyridine rings is 1. The number of anilines is 1. The Bertz CT molecular complexity index is 1200. The summed E-state index contributed by atoms with van der Waals surface area (Å²) in [6, 6.07) is 11.5. The van der Waals surface area contributed by atoms with Crippen LogP contribution in [0.2, 0.25) is 0 Å². The number of benzene rings is 1. The summed E-state index contributed by atoms with van der Waals surface area (Å²) < 4.78 is 12.5. The predicted octanol–water partition coefficient (Wildman–Crippen LogP) is 4.17. The number of carbonyl (C=O) groups is 1. The summed E-state index contributed by atoms with van der Waals surface area (Å²) in [7, 11) is 3.31. The van der Waals surface area contributed by atoms with E-state index in [1.807, 2.05) is 46.3 Å². The van der Waals surface area contributed by atoms with E-state index < -0.39 is 0 Å². The van der Waals surface area contributed by atoms with Gasteiger partial charge in [-0.1, -0.05) is 23.9 Å². The second-order valence-electron chi connectivity index (χ2n) is 7.47. The Labute approximate surface area is 212 Å². The molecule has 0 bridgehead atoms. The zero-order chi connectivity index (χ0) is 24.5. The second kappa shape index (κ2) is 12.4. The number of thiazole rings is 1. The van der Waals surface area contributed by atoms with Crippen LogP contribution in [-0.4, -0.2) is 57.2 Å². The van der Waals surface area contributed by atoms with Gasteiger partial charge in [-0.3, -0.25) is 14.7 Å². The summed E-state index contributed by atoms with van der Waals surface area (Å²) in [5.41, 5.74) is 1.91. The van der Waals surface area contributed by atoms with Crippen molar-refractivity contribution in [2.45, 2.75) is 24.7 Å². The molecule has 0 N–H and O–H groups in total. The Balaban J connectivity index is 1.51. The fourth-order valence-electron chi connectivity index (χ4n) is 3.41. The maximum absolute atomic E-state index is 13.4. The van der Waals surface area contributed by atoms with Crippen molar-refractivity contribution in [3.8, 4) is 17.1 Å². The third kappa shape index (κ3) is 6.44. The highest BCUT2D eigenvalue weighted by molar-refractivity contribution is 7.99. The average Bonchev–Trinajstić information content (AvgIpc) is 3.57. The van der Waals surface area contributed by atoms with Gasteiger partial charge >= 0.3 is 0 Å². The monoisotopic (exact) mass is 510 g/mol. The van der Waals surface area contributed by atoms with Crippen molar-refractivity contribution in [1.82, 2.24) is 24.7 Å². The van der Waals surface area contributed by atoms with Crippen LogP contribution < -0.4 is 9.64 Å². The van der Waals surface area contributed by atoms with Gasteiger partial charge in [0.25, 0.3) is 0 Å². The number of rotatable bonds is 12. The standard InChI is InChI=1S/C24H26N6O3S2/c1-32-14-3-13-29-22(19-8-10-25-11-9-19)27-28-24(29)35-17-21(31)30(23-26-12-15-34-23)16-18-4-6-20(33-2)7-5-18/h4-12,15H,3,13-14,16-17H2,1-2H3. The molecule has 0 saturated carbocycles. The lowest BCUT2D eigenvalue weighted by atomic mass is 10.2. The van der Waals surface area contributed by atoms with Crippen LogP contribution in [0.1, 0.15) is 12.0 Å². The third-order valence-corrected chi connectivity index (χ3v) is 6.91. The molecule has 0 saturated heterocycles. The van der Waals surface area contributed by atoms with Gasteiger partial charge in [0.05, 0.1) is 19.4 Å². The molecule has 1 aromatic carbocycles. The van der Waals surface area contributed by atoms with Crippen LogP contribution in [0.15, 0.2) is 65.5 Å². The van der Waals surface area contributed by atoms with Crippen molar-refractivity contribution < 1.29 is 14.3 Å².